The highest BCUT2D eigenvalue weighted by Gasteiger charge is 2.25. The smallest absolute Gasteiger partial charge is 0.0951 e. The molecule has 2 heterocycles. The molecule has 1 aliphatic carbocycles. The van der Waals surface area contributed by atoms with Crippen LogP contribution in [0, 0.1) is 0 Å². The van der Waals surface area contributed by atoms with Crippen molar-refractivity contribution < 1.29 is 0 Å². The molecule has 1 fully saturated rings. The molecule has 106 valence electrons. The summed E-state index contributed by atoms with van der Waals surface area (Å²) in [6.45, 7) is 0.725. The van der Waals surface area contributed by atoms with Gasteiger partial charge in [-0.3, -0.25) is 4.98 Å². The van der Waals surface area contributed by atoms with Gasteiger partial charge in [0.05, 0.1) is 29.8 Å². The Bertz CT molecular complexity index is 792. The van der Waals surface area contributed by atoms with Gasteiger partial charge in [0.2, 0.25) is 0 Å². The van der Waals surface area contributed by atoms with E-state index in [0.717, 1.165) is 23.1 Å². The third-order valence-electron chi connectivity index (χ3n) is 3.82. The average molecular weight is 299 g/mol. The second-order valence-corrected chi connectivity index (χ2v) is 5.84. The molecular weight excluding hydrogens is 284 g/mol. The lowest BCUT2D eigenvalue weighted by Crippen LogP contribution is -2.06. The molecular formula is C16H15ClN4. The van der Waals surface area contributed by atoms with Gasteiger partial charge in [0.1, 0.15) is 0 Å². The lowest BCUT2D eigenvalue weighted by Gasteiger charge is -2.11. The molecule has 0 amide bonds. The van der Waals surface area contributed by atoms with Crippen molar-refractivity contribution in [3.8, 4) is 0 Å². The van der Waals surface area contributed by atoms with Crippen LogP contribution < -0.4 is 5.32 Å². The first-order valence-electron chi connectivity index (χ1n) is 7.10. The lowest BCUT2D eigenvalue weighted by atomic mass is 10.2. The zero-order valence-electron chi connectivity index (χ0n) is 11.5. The zero-order chi connectivity index (χ0) is 14.2. The summed E-state index contributed by atoms with van der Waals surface area (Å²) in [5.41, 5.74) is 3.10. The summed E-state index contributed by atoms with van der Waals surface area (Å²) >= 11 is 6.19. The quantitative estimate of drug-likeness (QED) is 0.790. The largest absolute Gasteiger partial charge is 0.378 e. The number of hydrogen-bond acceptors (Lipinski definition) is 3. The van der Waals surface area contributed by atoms with E-state index in [1.54, 1.807) is 6.20 Å². The summed E-state index contributed by atoms with van der Waals surface area (Å²) in [5.74, 6) is 0. The number of anilines is 1. The highest BCUT2D eigenvalue weighted by molar-refractivity contribution is 6.31. The first-order valence-corrected chi connectivity index (χ1v) is 7.48. The summed E-state index contributed by atoms with van der Waals surface area (Å²) in [5, 5.41) is 5.21. The monoisotopic (exact) mass is 298 g/mol. The van der Waals surface area contributed by atoms with Crippen molar-refractivity contribution >= 4 is 28.2 Å². The molecule has 3 aromatic rings. The molecule has 0 unspecified atom stereocenters. The van der Waals surface area contributed by atoms with Crippen LogP contribution in [0.4, 0.5) is 5.69 Å². The number of rotatable bonds is 4. The zero-order valence-corrected chi connectivity index (χ0v) is 12.2. The molecule has 2 aromatic heterocycles. The molecule has 0 radical (unpaired) electrons. The van der Waals surface area contributed by atoms with Gasteiger partial charge in [-0.1, -0.05) is 17.7 Å². The van der Waals surface area contributed by atoms with Gasteiger partial charge in [-0.25, -0.2) is 4.98 Å². The van der Waals surface area contributed by atoms with Gasteiger partial charge >= 0.3 is 0 Å². The molecule has 1 aromatic carbocycles. The molecule has 5 heteroatoms. The SMILES string of the molecule is Clc1cc(NCc2cncn2C2CC2)c2ncccc2c1. The number of imidazole rings is 1. The summed E-state index contributed by atoms with van der Waals surface area (Å²) in [6.07, 6.45) is 8.15. The molecule has 1 aliphatic rings. The second kappa shape index (κ2) is 5.04. The summed E-state index contributed by atoms with van der Waals surface area (Å²) < 4.78 is 2.26. The van der Waals surface area contributed by atoms with Gasteiger partial charge in [-0.15, -0.1) is 0 Å². The van der Waals surface area contributed by atoms with Crippen molar-refractivity contribution in [2.24, 2.45) is 0 Å². The second-order valence-electron chi connectivity index (χ2n) is 5.41. The van der Waals surface area contributed by atoms with E-state index in [-0.39, 0.29) is 0 Å². The summed E-state index contributed by atoms with van der Waals surface area (Å²) in [7, 11) is 0. The standard InChI is InChI=1S/C16H15ClN4/c17-12-6-11-2-1-5-19-16(11)15(7-12)20-9-14-8-18-10-21(14)13-3-4-13/h1-2,5-8,10,13,20H,3-4,9H2. The van der Waals surface area contributed by atoms with Crippen LogP contribution in [0.2, 0.25) is 5.02 Å². The fourth-order valence-electron chi connectivity index (χ4n) is 2.63. The van der Waals surface area contributed by atoms with E-state index >= 15 is 0 Å². The van der Waals surface area contributed by atoms with Gasteiger partial charge < -0.3 is 9.88 Å². The normalized spacial score (nSPS) is 14.5. The highest BCUT2D eigenvalue weighted by Crippen LogP contribution is 2.36. The van der Waals surface area contributed by atoms with Crippen molar-refractivity contribution in [2.45, 2.75) is 25.4 Å². The van der Waals surface area contributed by atoms with Gasteiger partial charge in [0.15, 0.2) is 0 Å². The van der Waals surface area contributed by atoms with Crippen molar-refractivity contribution in [3.05, 3.63) is 53.7 Å². The Morgan fingerprint density at radius 1 is 1.33 bits per heavy atom. The summed E-state index contributed by atoms with van der Waals surface area (Å²) in [4.78, 5) is 8.71. The molecule has 0 bridgehead atoms. The maximum atomic E-state index is 6.19. The van der Waals surface area contributed by atoms with Crippen molar-refractivity contribution in [3.63, 3.8) is 0 Å². The molecule has 0 saturated heterocycles. The number of nitrogens with zero attached hydrogens (tertiary/aromatic N) is 3. The van der Waals surface area contributed by atoms with E-state index < -0.39 is 0 Å². The molecule has 1 N–H and O–H groups in total. The Labute approximate surface area is 127 Å². The van der Waals surface area contributed by atoms with Crippen LogP contribution in [0.25, 0.3) is 10.9 Å². The molecule has 4 nitrogen and oxygen atoms in total. The predicted octanol–water partition coefficient (Wildman–Crippen LogP) is 4.03. The molecule has 1 saturated carbocycles. The molecule has 0 spiro atoms. The Morgan fingerprint density at radius 2 is 2.24 bits per heavy atom. The van der Waals surface area contributed by atoms with Gasteiger partial charge in [-0.05, 0) is 31.0 Å². The molecule has 21 heavy (non-hydrogen) atoms. The van der Waals surface area contributed by atoms with Crippen LogP contribution in [0.5, 0.6) is 0 Å². The fraction of sp³-hybridized carbons (Fsp3) is 0.250. The van der Waals surface area contributed by atoms with Crippen molar-refractivity contribution in [2.75, 3.05) is 5.32 Å². The van der Waals surface area contributed by atoms with Crippen molar-refractivity contribution in [1.29, 1.82) is 0 Å². The third kappa shape index (κ3) is 2.47. The van der Waals surface area contributed by atoms with E-state index in [2.05, 4.69) is 19.9 Å². The van der Waals surface area contributed by atoms with Gasteiger partial charge in [-0.2, -0.15) is 0 Å². The average Bonchev–Trinajstić information content (AvgIpc) is 3.23. The number of benzene rings is 1. The Balaban J connectivity index is 1.63. The van der Waals surface area contributed by atoms with Crippen molar-refractivity contribution in [1.82, 2.24) is 14.5 Å². The number of pyridine rings is 1. The first-order chi connectivity index (χ1) is 10.3. The van der Waals surface area contributed by atoms with E-state index in [0.29, 0.717) is 11.1 Å². The number of fused-ring (bicyclic) bond motifs is 1. The molecule has 0 aliphatic heterocycles. The predicted molar refractivity (Wildman–Crippen MR) is 84.6 cm³/mol. The number of hydrogen-bond donors (Lipinski definition) is 1. The topological polar surface area (TPSA) is 42.7 Å². The van der Waals surface area contributed by atoms with E-state index in [9.17, 15) is 0 Å². The molecule has 0 atom stereocenters. The molecule has 4 rings (SSSR count). The van der Waals surface area contributed by atoms with E-state index in [4.69, 9.17) is 11.6 Å². The van der Waals surface area contributed by atoms with Crippen LogP contribution in [-0.2, 0) is 6.54 Å². The summed E-state index contributed by atoms with van der Waals surface area (Å²) in [6, 6.07) is 8.44. The minimum atomic E-state index is 0.638. The van der Waals surface area contributed by atoms with Crippen LogP contribution >= 0.6 is 11.6 Å². The van der Waals surface area contributed by atoms with Crippen LogP contribution in [0.15, 0.2) is 43.0 Å². The minimum Gasteiger partial charge on any atom is -0.378 e. The van der Waals surface area contributed by atoms with E-state index in [1.165, 1.54) is 18.5 Å². The number of nitrogens with one attached hydrogen (secondary N) is 1. The first kappa shape index (κ1) is 12.7. The van der Waals surface area contributed by atoms with E-state index in [1.807, 2.05) is 36.8 Å². The Kier molecular flexibility index (Phi) is 3.04. The maximum Gasteiger partial charge on any atom is 0.0951 e. The van der Waals surface area contributed by atoms with Crippen LogP contribution in [0.1, 0.15) is 24.6 Å². The number of halogens is 1. The fourth-order valence-corrected chi connectivity index (χ4v) is 2.85. The Morgan fingerprint density at radius 3 is 3.10 bits per heavy atom. The lowest BCUT2D eigenvalue weighted by molar-refractivity contribution is 0.701. The third-order valence-corrected chi connectivity index (χ3v) is 4.03. The van der Waals surface area contributed by atoms with Crippen LogP contribution in [-0.4, -0.2) is 14.5 Å². The van der Waals surface area contributed by atoms with Gasteiger partial charge in [0.25, 0.3) is 0 Å². The maximum absolute atomic E-state index is 6.19. The van der Waals surface area contributed by atoms with Crippen LogP contribution in [0.3, 0.4) is 0 Å². The highest BCUT2D eigenvalue weighted by atomic mass is 35.5. The minimum absolute atomic E-state index is 0.638. The number of aromatic nitrogens is 3. The Hall–Kier alpha value is -2.07. The van der Waals surface area contributed by atoms with Gasteiger partial charge in [0, 0.05) is 28.8 Å².